The molecule has 0 saturated heterocycles. The van der Waals surface area contributed by atoms with Crippen LogP contribution in [0.1, 0.15) is 8.29 Å². The van der Waals surface area contributed by atoms with Crippen LogP contribution < -0.4 is 16.3 Å². The van der Waals surface area contributed by atoms with E-state index in [4.69, 9.17) is 7.02 Å². The molecular formula is C5H9N3O. The average molecular weight is 132 g/mol. The predicted molar refractivity (Wildman–Crippen MR) is 33.4 cm³/mol. The van der Waals surface area contributed by atoms with Crippen molar-refractivity contribution in [1.29, 1.82) is 0 Å². The summed E-state index contributed by atoms with van der Waals surface area (Å²) in [7, 11) is 0. The maximum atomic E-state index is 11.1. The van der Waals surface area contributed by atoms with Crippen LogP contribution in [0, 0.1) is 0 Å². The number of nitrogens with two attached hydrogens (primary N) is 1. The van der Waals surface area contributed by atoms with Crippen LogP contribution >= 0.6 is 0 Å². The molecule has 0 aromatic rings. The van der Waals surface area contributed by atoms with E-state index in [0.717, 1.165) is 6.20 Å². The molecule has 9 heavy (non-hydrogen) atoms. The highest BCUT2D eigenvalue weighted by atomic mass is 16.2. The number of amides is 2. The molecular weight excluding hydrogens is 118 g/mol. The zero-order chi connectivity index (χ0) is 11.1. The first kappa shape index (κ1) is 2.30. The van der Waals surface area contributed by atoms with Gasteiger partial charge in [-0.2, -0.15) is 0 Å². The largest absolute Gasteiger partial charge is 0.320 e. The van der Waals surface area contributed by atoms with Crippen LogP contribution in [0.4, 0.5) is 4.79 Å². The highest BCUT2D eigenvalue weighted by Gasteiger charge is 2.12. The summed E-state index contributed by atoms with van der Waals surface area (Å²) in [6, 6.07) is -1.07. The minimum atomic E-state index is -2.19. The smallest absolute Gasteiger partial charge is 0.319 e. The molecule has 0 aromatic carbocycles. The van der Waals surface area contributed by atoms with Crippen LogP contribution in [-0.4, -0.2) is 12.2 Å². The van der Waals surface area contributed by atoms with E-state index in [9.17, 15) is 4.79 Å². The normalized spacial score (nSPS) is 44.9. The third kappa shape index (κ3) is 1.20. The van der Waals surface area contributed by atoms with Gasteiger partial charge in [0.2, 0.25) is 0 Å². The van der Waals surface area contributed by atoms with Crippen molar-refractivity contribution < 1.29 is 11.8 Å². The molecule has 0 bridgehead atoms. The van der Waals surface area contributed by atoms with Crippen LogP contribution in [0.2, 0.25) is 5.65 Å². The van der Waals surface area contributed by atoms with Crippen molar-refractivity contribution in [1.82, 2.24) is 10.6 Å². The number of carbonyl (C=O) groups is 1. The molecule has 1 unspecified atom stereocenters. The molecule has 1 atom stereocenters. The van der Waals surface area contributed by atoms with Crippen LogP contribution in [0.15, 0.2) is 11.8 Å². The Kier molecular flexibility index (Phi) is 0.528. The van der Waals surface area contributed by atoms with Crippen LogP contribution in [-0.2, 0) is 0 Å². The number of hydrogen-bond donors (Lipinski definition) is 3. The van der Waals surface area contributed by atoms with Gasteiger partial charge in [-0.1, -0.05) is 0 Å². The molecule has 1 aliphatic heterocycles. The molecule has 4 heteroatoms. The van der Waals surface area contributed by atoms with E-state index in [-0.39, 0.29) is 16.6 Å². The fraction of sp³-hybridized carbons (Fsp3) is 0.400. The Morgan fingerprint density at radius 3 is 3.67 bits per heavy atom. The van der Waals surface area contributed by atoms with Gasteiger partial charge in [-0.05, 0) is 12.5 Å². The molecule has 0 fully saturated rings. The summed E-state index contributed by atoms with van der Waals surface area (Å²) in [5.74, 6) is 0. The van der Waals surface area contributed by atoms with Crippen molar-refractivity contribution in [2.24, 2.45) is 5.72 Å². The van der Waals surface area contributed by atoms with Gasteiger partial charge in [0, 0.05) is 6.20 Å². The zero-order valence-electron chi connectivity index (χ0n) is 9.83. The van der Waals surface area contributed by atoms with Gasteiger partial charge in [0.05, 0.1) is 1.37 Å². The summed E-state index contributed by atoms with van der Waals surface area (Å²) < 4.78 is 35.8. The summed E-state index contributed by atoms with van der Waals surface area (Å²) in [4.78, 5) is 11.1. The molecule has 1 aliphatic rings. The topological polar surface area (TPSA) is 67.2 Å². The summed E-state index contributed by atoms with van der Waals surface area (Å²) in [5, 5.41) is 0.494. The Morgan fingerprint density at radius 2 is 3.00 bits per heavy atom. The van der Waals surface area contributed by atoms with Crippen molar-refractivity contribution in [3.05, 3.63) is 11.8 Å². The third-order valence-electron chi connectivity index (χ3n) is 0.923. The van der Waals surface area contributed by atoms with Crippen LogP contribution in [0.5, 0.6) is 0 Å². The van der Waals surface area contributed by atoms with Gasteiger partial charge in [0.1, 0.15) is 8.97 Å². The first-order chi connectivity index (χ1) is 6.31. The van der Waals surface area contributed by atoms with Gasteiger partial charge in [0.15, 0.2) is 2.82 Å². The van der Waals surface area contributed by atoms with E-state index >= 15 is 0 Å². The highest BCUT2D eigenvalue weighted by molar-refractivity contribution is 5.77. The van der Waals surface area contributed by atoms with E-state index in [0.29, 0.717) is 5.31 Å². The van der Waals surface area contributed by atoms with Gasteiger partial charge in [-0.3, -0.25) is 0 Å². The summed E-state index contributed by atoms with van der Waals surface area (Å²) in [6.07, 6.45) is -1.18. The van der Waals surface area contributed by atoms with Crippen LogP contribution in [0.25, 0.3) is 0 Å². The van der Waals surface area contributed by atoms with Crippen molar-refractivity contribution in [2.45, 2.75) is 13.1 Å². The second-order valence-corrected chi connectivity index (χ2v) is 1.66. The second kappa shape index (κ2) is 2.06. The zero-order valence-corrected chi connectivity index (χ0v) is 4.83. The van der Waals surface area contributed by atoms with E-state index in [1.807, 2.05) is 0 Å². The molecule has 1 rings (SSSR count). The van der Waals surface area contributed by atoms with Gasteiger partial charge in [0.25, 0.3) is 0 Å². The molecule has 0 radical (unpaired) electrons. The van der Waals surface area contributed by atoms with Crippen LogP contribution in [0.3, 0.4) is 0 Å². The number of nitrogens with one attached hydrogen (secondary N) is 2. The lowest BCUT2D eigenvalue weighted by molar-refractivity contribution is 0.240. The molecule has 50 valence electrons. The van der Waals surface area contributed by atoms with E-state index in [2.05, 4.69) is 0 Å². The fourth-order valence-electron chi connectivity index (χ4n) is 0.417. The molecule has 2 amide bonds. The molecule has 0 spiro atoms. The fourth-order valence-corrected chi connectivity index (χ4v) is 0.417. The molecule has 4 nitrogen and oxygen atoms in total. The standard InChI is InChI=1S/C5H9N3O/c1-3-2-7-5(9)8-4(3)6/h2,4H,6H2,1H3,(H2,7,8,9)/i4D/hD4. The molecule has 0 aromatic heterocycles. The molecule has 0 aliphatic carbocycles. The average Bonchev–Trinajstić information content (AvgIpc) is 2.11. The number of rotatable bonds is 1. The van der Waals surface area contributed by atoms with Gasteiger partial charge in [-0.25, -0.2) is 4.79 Å². The Labute approximate surface area is 60.4 Å². The predicted octanol–water partition coefficient (Wildman–Crippen LogP) is -0.512. The highest BCUT2D eigenvalue weighted by Crippen LogP contribution is 1.96. The third-order valence-corrected chi connectivity index (χ3v) is 0.923. The first-order valence-corrected chi connectivity index (χ1v) is 2.40. The number of carbonyl (C=O) groups excluding carboxylic acids is 1. The second-order valence-electron chi connectivity index (χ2n) is 1.66. The monoisotopic (exact) mass is 132 g/mol. The van der Waals surface area contributed by atoms with Crippen molar-refractivity contribution in [2.75, 3.05) is 0 Å². The Balaban J connectivity index is 3.19. The lowest BCUT2D eigenvalue weighted by Gasteiger charge is -2.18. The summed E-state index contributed by atoms with van der Waals surface area (Å²) in [6.45, 7) is 1.37. The maximum Gasteiger partial charge on any atom is 0.320 e. The number of hydrogen-bond acceptors (Lipinski definition) is 2. The van der Waals surface area contributed by atoms with Crippen molar-refractivity contribution >= 4 is 6.03 Å². The Hall–Kier alpha value is -1.03. The lowest BCUT2D eigenvalue weighted by atomic mass is 10.2. The summed E-state index contributed by atoms with van der Waals surface area (Å²) in [5.41, 5.74) is 0.0172. The summed E-state index contributed by atoms with van der Waals surface area (Å²) >= 11 is 0. The van der Waals surface area contributed by atoms with Crippen molar-refractivity contribution in [3.63, 3.8) is 0 Å². The first-order valence-electron chi connectivity index (χ1n) is 4.68. The van der Waals surface area contributed by atoms with Gasteiger partial charge < -0.3 is 16.3 Å². The SMILES string of the molecule is [2H]N1C=C(C)C([2H])(N([2H])[2H])N([2H])C1=O. The molecule has 1 heterocycles. The Morgan fingerprint density at radius 1 is 2.22 bits per heavy atom. The van der Waals surface area contributed by atoms with Gasteiger partial charge in [-0.15, -0.1) is 0 Å². The maximum absolute atomic E-state index is 11.1. The van der Waals surface area contributed by atoms with E-state index < -0.39 is 12.2 Å². The Bertz CT molecular complexity index is 295. The number of urea groups is 1. The molecule has 4 N–H and O–H groups in total. The van der Waals surface area contributed by atoms with E-state index in [1.165, 1.54) is 6.92 Å². The minimum absolute atomic E-state index is 0.0588. The minimum Gasteiger partial charge on any atom is -0.319 e. The lowest BCUT2D eigenvalue weighted by Crippen LogP contribution is -2.49. The van der Waals surface area contributed by atoms with E-state index in [1.54, 1.807) is 0 Å². The van der Waals surface area contributed by atoms with Crippen molar-refractivity contribution in [3.8, 4) is 0 Å². The molecule has 0 saturated carbocycles. The van der Waals surface area contributed by atoms with Gasteiger partial charge >= 0.3 is 6.03 Å². The quantitative estimate of drug-likeness (QED) is 0.449.